The van der Waals surface area contributed by atoms with Crippen LogP contribution in [0.4, 0.5) is 4.39 Å². The predicted octanol–water partition coefficient (Wildman–Crippen LogP) is 3.89. The van der Waals surface area contributed by atoms with Crippen molar-refractivity contribution in [3.8, 4) is 0 Å². The molecule has 2 aromatic rings. The number of halogens is 1. The van der Waals surface area contributed by atoms with Crippen LogP contribution in [0.2, 0.25) is 0 Å². The first-order valence-electron chi connectivity index (χ1n) is 7.26. The van der Waals surface area contributed by atoms with E-state index in [0.29, 0.717) is 12.1 Å². The molecule has 0 aliphatic carbocycles. The lowest BCUT2D eigenvalue weighted by atomic mass is 10.1. The second kappa shape index (κ2) is 7.99. The van der Waals surface area contributed by atoms with Gasteiger partial charge in [-0.15, -0.1) is 11.8 Å². The standard InChI is InChI=1S/C18H20FNOS/c1-13-7-8-16(11-14(13)2)22-10-9-20-18(21)12-15-5-3-4-6-17(15)19/h3-8,11H,9-10,12H2,1-2H3,(H,20,21). The van der Waals surface area contributed by atoms with Crippen molar-refractivity contribution in [3.05, 3.63) is 65.0 Å². The van der Waals surface area contributed by atoms with Crippen LogP contribution in [-0.4, -0.2) is 18.2 Å². The van der Waals surface area contributed by atoms with Crippen LogP contribution in [0.5, 0.6) is 0 Å². The minimum atomic E-state index is -0.331. The lowest BCUT2D eigenvalue weighted by molar-refractivity contribution is -0.120. The van der Waals surface area contributed by atoms with Gasteiger partial charge in [-0.2, -0.15) is 0 Å². The van der Waals surface area contributed by atoms with Gasteiger partial charge in [0.05, 0.1) is 6.42 Å². The predicted molar refractivity (Wildman–Crippen MR) is 89.8 cm³/mol. The van der Waals surface area contributed by atoms with Gasteiger partial charge in [0.1, 0.15) is 5.82 Å². The summed E-state index contributed by atoms with van der Waals surface area (Å²) in [6.07, 6.45) is 0.0843. The van der Waals surface area contributed by atoms with Gasteiger partial charge in [0.2, 0.25) is 5.91 Å². The Hall–Kier alpha value is -1.81. The number of carbonyl (C=O) groups is 1. The van der Waals surface area contributed by atoms with E-state index in [4.69, 9.17) is 0 Å². The third kappa shape index (κ3) is 4.88. The van der Waals surface area contributed by atoms with E-state index in [9.17, 15) is 9.18 Å². The minimum Gasteiger partial charge on any atom is -0.355 e. The van der Waals surface area contributed by atoms with Crippen molar-refractivity contribution in [1.29, 1.82) is 0 Å². The molecule has 0 fully saturated rings. The lowest BCUT2D eigenvalue weighted by Crippen LogP contribution is -2.27. The maximum absolute atomic E-state index is 13.4. The molecule has 4 heteroatoms. The number of nitrogens with one attached hydrogen (secondary N) is 1. The maximum atomic E-state index is 13.4. The third-order valence-corrected chi connectivity index (χ3v) is 4.48. The van der Waals surface area contributed by atoms with E-state index in [0.717, 1.165) is 5.75 Å². The Balaban J connectivity index is 1.73. The summed E-state index contributed by atoms with van der Waals surface area (Å²) in [5.41, 5.74) is 2.98. The number of aryl methyl sites for hydroxylation is 2. The van der Waals surface area contributed by atoms with E-state index in [1.807, 2.05) is 0 Å². The van der Waals surface area contributed by atoms with Crippen LogP contribution >= 0.6 is 11.8 Å². The fraction of sp³-hybridized carbons (Fsp3) is 0.278. The molecule has 0 aliphatic rings. The van der Waals surface area contributed by atoms with Crippen molar-refractivity contribution >= 4 is 17.7 Å². The number of amides is 1. The lowest BCUT2D eigenvalue weighted by Gasteiger charge is -2.07. The minimum absolute atomic E-state index is 0.0843. The molecule has 2 aromatic carbocycles. The van der Waals surface area contributed by atoms with Crippen LogP contribution in [0, 0.1) is 19.7 Å². The van der Waals surface area contributed by atoms with Gasteiger partial charge in [0.25, 0.3) is 0 Å². The summed E-state index contributed by atoms with van der Waals surface area (Å²) in [6.45, 7) is 4.76. The van der Waals surface area contributed by atoms with Crippen molar-refractivity contribution in [3.63, 3.8) is 0 Å². The topological polar surface area (TPSA) is 29.1 Å². The highest BCUT2D eigenvalue weighted by molar-refractivity contribution is 7.99. The van der Waals surface area contributed by atoms with Gasteiger partial charge in [-0.05, 0) is 48.7 Å². The van der Waals surface area contributed by atoms with Gasteiger partial charge in [-0.3, -0.25) is 4.79 Å². The monoisotopic (exact) mass is 317 g/mol. The molecule has 22 heavy (non-hydrogen) atoms. The SMILES string of the molecule is Cc1ccc(SCCNC(=O)Cc2ccccc2F)cc1C. The zero-order valence-electron chi connectivity index (χ0n) is 12.9. The molecule has 0 radical (unpaired) electrons. The van der Waals surface area contributed by atoms with Crippen molar-refractivity contribution in [2.24, 2.45) is 0 Å². The Morgan fingerprint density at radius 3 is 2.64 bits per heavy atom. The molecule has 0 heterocycles. The summed E-state index contributed by atoms with van der Waals surface area (Å²) in [7, 11) is 0. The Bertz CT molecular complexity index is 657. The van der Waals surface area contributed by atoms with Gasteiger partial charge in [-0.1, -0.05) is 24.3 Å². The summed E-state index contributed by atoms with van der Waals surface area (Å²) in [5.74, 6) is 0.318. The highest BCUT2D eigenvalue weighted by atomic mass is 32.2. The Morgan fingerprint density at radius 1 is 1.14 bits per heavy atom. The van der Waals surface area contributed by atoms with Crippen molar-refractivity contribution in [2.45, 2.75) is 25.2 Å². The molecule has 1 amide bonds. The van der Waals surface area contributed by atoms with Gasteiger partial charge in [0, 0.05) is 17.2 Å². The second-order valence-electron chi connectivity index (χ2n) is 5.21. The number of hydrogen-bond acceptors (Lipinski definition) is 2. The molecule has 116 valence electrons. The van der Waals surface area contributed by atoms with Crippen molar-refractivity contribution in [1.82, 2.24) is 5.32 Å². The first-order valence-corrected chi connectivity index (χ1v) is 8.25. The van der Waals surface area contributed by atoms with E-state index in [2.05, 4.69) is 37.4 Å². The fourth-order valence-electron chi connectivity index (χ4n) is 2.04. The smallest absolute Gasteiger partial charge is 0.224 e. The largest absolute Gasteiger partial charge is 0.355 e. The van der Waals surface area contributed by atoms with E-state index in [1.54, 1.807) is 30.0 Å². The molecule has 1 N–H and O–H groups in total. The van der Waals surface area contributed by atoms with Crippen LogP contribution in [-0.2, 0) is 11.2 Å². The second-order valence-corrected chi connectivity index (χ2v) is 6.38. The Kier molecular flexibility index (Phi) is 6.01. The highest BCUT2D eigenvalue weighted by Crippen LogP contribution is 2.20. The molecule has 0 atom stereocenters. The first kappa shape index (κ1) is 16.6. The first-order chi connectivity index (χ1) is 10.6. The molecule has 0 unspecified atom stereocenters. The molecule has 0 aromatic heterocycles. The van der Waals surface area contributed by atoms with Gasteiger partial charge in [0.15, 0.2) is 0 Å². The molecule has 0 saturated carbocycles. The quantitative estimate of drug-likeness (QED) is 0.647. The third-order valence-electron chi connectivity index (χ3n) is 3.48. The number of carbonyl (C=O) groups excluding carboxylic acids is 1. The zero-order chi connectivity index (χ0) is 15.9. The average Bonchev–Trinajstić information content (AvgIpc) is 2.49. The molecule has 0 bridgehead atoms. The number of hydrogen-bond donors (Lipinski definition) is 1. The van der Waals surface area contributed by atoms with Crippen LogP contribution in [0.1, 0.15) is 16.7 Å². The molecular weight excluding hydrogens is 297 g/mol. The number of thioether (sulfide) groups is 1. The Morgan fingerprint density at radius 2 is 1.91 bits per heavy atom. The average molecular weight is 317 g/mol. The summed E-state index contributed by atoms with van der Waals surface area (Å²) >= 11 is 1.71. The van der Waals surface area contributed by atoms with E-state index >= 15 is 0 Å². The Labute approximate surface area is 135 Å². The summed E-state index contributed by atoms with van der Waals surface area (Å²) in [6, 6.07) is 12.7. The van der Waals surface area contributed by atoms with Crippen molar-refractivity contribution in [2.75, 3.05) is 12.3 Å². The number of rotatable bonds is 6. The maximum Gasteiger partial charge on any atom is 0.224 e. The van der Waals surface area contributed by atoms with E-state index < -0.39 is 0 Å². The molecule has 2 rings (SSSR count). The summed E-state index contributed by atoms with van der Waals surface area (Å²) < 4.78 is 13.4. The highest BCUT2D eigenvalue weighted by Gasteiger charge is 2.07. The molecule has 2 nitrogen and oxygen atoms in total. The number of benzene rings is 2. The molecule has 0 aliphatic heterocycles. The van der Waals surface area contributed by atoms with Crippen molar-refractivity contribution < 1.29 is 9.18 Å². The van der Waals surface area contributed by atoms with Gasteiger partial charge < -0.3 is 5.32 Å². The fourth-order valence-corrected chi connectivity index (χ4v) is 2.90. The van der Waals surface area contributed by atoms with Crippen LogP contribution in [0.25, 0.3) is 0 Å². The summed E-state index contributed by atoms with van der Waals surface area (Å²) in [4.78, 5) is 13.0. The molecule has 0 saturated heterocycles. The van der Waals surface area contributed by atoms with Crippen LogP contribution in [0.3, 0.4) is 0 Å². The van der Waals surface area contributed by atoms with Gasteiger partial charge in [-0.25, -0.2) is 4.39 Å². The van der Waals surface area contributed by atoms with Crippen LogP contribution in [0.15, 0.2) is 47.4 Å². The van der Waals surface area contributed by atoms with Gasteiger partial charge >= 0.3 is 0 Å². The normalized spacial score (nSPS) is 10.5. The van der Waals surface area contributed by atoms with Crippen LogP contribution < -0.4 is 5.32 Å². The molecule has 0 spiro atoms. The zero-order valence-corrected chi connectivity index (χ0v) is 13.7. The van der Waals surface area contributed by atoms with E-state index in [1.165, 1.54) is 22.1 Å². The van der Waals surface area contributed by atoms with E-state index in [-0.39, 0.29) is 18.1 Å². The summed E-state index contributed by atoms with van der Waals surface area (Å²) in [5, 5.41) is 2.83. The molecular formula is C18H20FNOS.